The molecule has 0 amide bonds. The Hall–Kier alpha value is 0.130. The normalized spacial score (nSPS) is 12.9. The first-order chi connectivity index (χ1) is 6.16. The van der Waals surface area contributed by atoms with Gasteiger partial charge in [0.25, 0.3) is 0 Å². The summed E-state index contributed by atoms with van der Waals surface area (Å²) in [6.07, 6.45) is 0.540. The van der Waals surface area contributed by atoms with Gasteiger partial charge in [-0.1, -0.05) is 46.3 Å². The van der Waals surface area contributed by atoms with Crippen LogP contribution in [0.4, 0.5) is 4.39 Å². The number of alkyl halides is 1. The van der Waals surface area contributed by atoms with Gasteiger partial charge in [-0.3, -0.25) is 0 Å². The number of hydrogen-bond donors (Lipinski definition) is 1. The van der Waals surface area contributed by atoms with E-state index in [0.29, 0.717) is 12.0 Å². The number of benzene rings is 1. The molecule has 72 valence electrons. The van der Waals surface area contributed by atoms with Crippen molar-refractivity contribution in [3.8, 4) is 0 Å². The Morgan fingerprint density at radius 3 is 2.85 bits per heavy atom. The summed E-state index contributed by atoms with van der Waals surface area (Å²) in [5.41, 5.74) is 0.558. The highest BCUT2D eigenvalue weighted by Gasteiger charge is 2.13. The number of aliphatic hydroxyl groups is 1. The average Bonchev–Trinajstić information content (AvgIpc) is 2.10. The van der Waals surface area contributed by atoms with Gasteiger partial charge in [0.1, 0.15) is 5.82 Å². The van der Waals surface area contributed by atoms with Crippen molar-refractivity contribution >= 4 is 34.2 Å². The first-order valence-electron chi connectivity index (χ1n) is 3.85. The lowest BCUT2D eigenvalue weighted by Gasteiger charge is -2.09. The van der Waals surface area contributed by atoms with E-state index in [9.17, 15) is 4.39 Å². The van der Waals surface area contributed by atoms with E-state index in [4.69, 9.17) is 16.7 Å². The quantitative estimate of drug-likeness (QED) is 0.670. The zero-order valence-corrected chi connectivity index (χ0v) is 9.72. The Balaban J connectivity index is 2.93. The molecule has 1 atom stereocenters. The Kier molecular flexibility index (Phi) is 4.41. The largest absolute Gasteiger partial charge is 0.396 e. The van der Waals surface area contributed by atoms with Crippen molar-refractivity contribution in [1.82, 2.24) is 0 Å². The summed E-state index contributed by atoms with van der Waals surface area (Å²) < 4.78 is 13.3. The van der Waals surface area contributed by atoms with Crippen LogP contribution in [0.15, 0.2) is 18.2 Å². The summed E-state index contributed by atoms with van der Waals surface area (Å²) in [5, 5.41) is 8.83. The molecular formula is C9H9ClFIO. The van der Waals surface area contributed by atoms with Crippen molar-refractivity contribution in [2.45, 2.75) is 10.3 Å². The molecule has 1 unspecified atom stereocenters. The van der Waals surface area contributed by atoms with E-state index in [1.54, 1.807) is 12.1 Å². The molecule has 1 N–H and O–H groups in total. The van der Waals surface area contributed by atoms with Crippen LogP contribution in [0.5, 0.6) is 0 Å². The van der Waals surface area contributed by atoms with Crippen LogP contribution in [0.3, 0.4) is 0 Å². The first kappa shape index (κ1) is 11.2. The minimum Gasteiger partial charge on any atom is -0.396 e. The summed E-state index contributed by atoms with van der Waals surface area (Å²) >= 11 is 7.71. The second-order valence-electron chi connectivity index (χ2n) is 2.62. The minimum atomic E-state index is -0.378. The lowest BCUT2D eigenvalue weighted by molar-refractivity contribution is 0.288. The van der Waals surface area contributed by atoms with Gasteiger partial charge in [0.2, 0.25) is 0 Å². The molecule has 0 aliphatic rings. The molecule has 0 bridgehead atoms. The van der Waals surface area contributed by atoms with E-state index in [2.05, 4.69) is 22.6 Å². The highest BCUT2D eigenvalue weighted by molar-refractivity contribution is 14.1. The van der Waals surface area contributed by atoms with E-state index >= 15 is 0 Å². The van der Waals surface area contributed by atoms with Crippen molar-refractivity contribution in [3.63, 3.8) is 0 Å². The van der Waals surface area contributed by atoms with Crippen molar-refractivity contribution < 1.29 is 9.50 Å². The SMILES string of the molecule is OCCC(I)c1cccc(Cl)c1F. The van der Waals surface area contributed by atoms with Crippen molar-refractivity contribution in [2.24, 2.45) is 0 Å². The molecule has 1 aromatic carbocycles. The predicted molar refractivity (Wildman–Crippen MR) is 59.9 cm³/mol. The van der Waals surface area contributed by atoms with E-state index < -0.39 is 0 Å². The fraction of sp³-hybridized carbons (Fsp3) is 0.333. The molecule has 0 saturated heterocycles. The van der Waals surface area contributed by atoms with Crippen LogP contribution in [0, 0.1) is 5.82 Å². The molecule has 0 spiro atoms. The van der Waals surface area contributed by atoms with E-state index in [0.717, 1.165) is 0 Å². The zero-order chi connectivity index (χ0) is 9.84. The molecule has 0 aliphatic carbocycles. The molecular weight excluding hydrogens is 305 g/mol. The maximum Gasteiger partial charge on any atom is 0.146 e. The van der Waals surface area contributed by atoms with Crippen LogP contribution >= 0.6 is 34.2 Å². The molecule has 1 rings (SSSR count). The molecule has 13 heavy (non-hydrogen) atoms. The molecule has 0 fully saturated rings. The van der Waals surface area contributed by atoms with Gasteiger partial charge in [0.05, 0.1) is 5.02 Å². The van der Waals surface area contributed by atoms with Crippen LogP contribution in [0.1, 0.15) is 15.9 Å². The lowest BCUT2D eigenvalue weighted by atomic mass is 10.1. The van der Waals surface area contributed by atoms with Crippen molar-refractivity contribution in [3.05, 3.63) is 34.6 Å². The Labute approximate surface area is 95.1 Å². The fourth-order valence-electron chi connectivity index (χ4n) is 1.03. The monoisotopic (exact) mass is 314 g/mol. The van der Waals surface area contributed by atoms with Gasteiger partial charge in [0.15, 0.2) is 0 Å². The predicted octanol–water partition coefficient (Wildman–Crippen LogP) is 3.34. The van der Waals surface area contributed by atoms with Crippen molar-refractivity contribution in [2.75, 3.05) is 6.61 Å². The van der Waals surface area contributed by atoms with E-state index in [1.807, 2.05) is 0 Å². The van der Waals surface area contributed by atoms with Crippen LogP contribution in [0.25, 0.3) is 0 Å². The second-order valence-corrected chi connectivity index (χ2v) is 4.53. The summed E-state index contributed by atoms with van der Waals surface area (Å²) in [6, 6.07) is 4.92. The lowest BCUT2D eigenvalue weighted by Crippen LogP contribution is -1.97. The number of rotatable bonds is 3. The van der Waals surface area contributed by atoms with Crippen LogP contribution < -0.4 is 0 Å². The smallest absolute Gasteiger partial charge is 0.146 e. The van der Waals surface area contributed by atoms with Gasteiger partial charge in [-0.2, -0.15) is 0 Å². The van der Waals surface area contributed by atoms with Gasteiger partial charge in [-0.25, -0.2) is 4.39 Å². The maximum absolute atomic E-state index is 13.4. The summed E-state index contributed by atoms with van der Waals surface area (Å²) in [6.45, 7) is 0.0551. The third-order valence-electron chi connectivity index (χ3n) is 1.70. The fourth-order valence-corrected chi connectivity index (χ4v) is 1.97. The number of hydrogen-bond acceptors (Lipinski definition) is 1. The molecule has 4 heteroatoms. The Morgan fingerprint density at radius 1 is 1.54 bits per heavy atom. The maximum atomic E-state index is 13.4. The van der Waals surface area contributed by atoms with Crippen LogP contribution in [0.2, 0.25) is 5.02 Å². The standard InChI is InChI=1S/C9H9ClFIO/c10-7-3-1-2-6(9(7)11)8(12)4-5-13/h1-3,8,13H,4-5H2. The molecule has 0 radical (unpaired) electrons. The summed E-state index contributed by atoms with van der Waals surface area (Å²) in [7, 11) is 0. The molecule has 0 heterocycles. The van der Waals surface area contributed by atoms with Crippen molar-refractivity contribution in [1.29, 1.82) is 0 Å². The highest BCUT2D eigenvalue weighted by atomic mass is 127. The van der Waals surface area contributed by atoms with Gasteiger partial charge in [-0.15, -0.1) is 0 Å². The molecule has 0 aromatic heterocycles. The molecule has 1 nitrogen and oxygen atoms in total. The molecule has 0 aliphatic heterocycles. The van der Waals surface area contributed by atoms with Crippen LogP contribution in [-0.4, -0.2) is 11.7 Å². The van der Waals surface area contributed by atoms with Gasteiger partial charge in [0, 0.05) is 16.1 Å². The van der Waals surface area contributed by atoms with Gasteiger partial charge < -0.3 is 5.11 Å². The highest BCUT2D eigenvalue weighted by Crippen LogP contribution is 2.31. The van der Waals surface area contributed by atoms with Gasteiger partial charge in [-0.05, 0) is 12.5 Å². The summed E-state index contributed by atoms with van der Waals surface area (Å²) in [4.78, 5) is 0. The third-order valence-corrected chi connectivity index (χ3v) is 3.29. The average molecular weight is 315 g/mol. The Bertz CT molecular complexity index is 293. The van der Waals surface area contributed by atoms with Gasteiger partial charge >= 0.3 is 0 Å². The number of aliphatic hydroxyl groups excluding tert-OH is 1. The van der Waals surface area contributed by atoms with E-state index in [1.165, 1.54) is 6.07 Å². The minimum absolute atomic E-state index is 0.0266. The molecule has 1 aromatic rings. The molecule has 0 saturated carbocycles. The third kappa shape index (κ3) is 2.79. The summed E-state index contributed by atoms with van der Waals surface area (Å²) in [5.74, 6) is -0.378. The second kappa shape index (κ2) is 5.12. The topological polar surface area (TPSA) is 20.2 Å². The first-order valence-corrected chi connectivity index (χ1v) is 5.48. The van der Waals surface area contributed by atoms with Crippen LogP contribution in [-0.2, 0) is 0 Å². The number of halogens is 3. The zero-order valence-electron chi connectivity index (χ0n) is 6.80. The van der Waals surface area contributed by atoms with E-state index in [-0.39, 0.29) is 21.4 Å². The Morgan fingerprint density at radius 2 is 2.23 bits per heavy atom.